The fourth-order valence-electron chi connectivity index (χ4n) is 5.27. The molecule has 4 heterocycles. The monoisotopic (exact) mass is 505 g/mol. The molecule has 2 fully saturated rings. The molecule has 3 aromatic rings. The Morgan fingerprint density at radius 2 is 1.95 bits per heavy atom. The second-order valence-corrected chi connectivity index (χ2v) is 10.0. The van der Waals surface area contributed by atoms with Gasteiger partial charge in [0, 0.05) is 43.4 Å². The van der Waals surface area contributed by atoms with Crippen molar-refractivity contribution >= 4 is 30.0 Å². The summed E-state index contributed by atoms with van der Waals surface area (Å²) < 4.78 is 31.3. The summed E-state index contributed by atoms with van der Waals surface area (Å²) in [6.45, 7) is 3.15. The predicted molar refractivity (Wildman–Crippen MR) is 138 cm³/mol. The van der Waals surface area contributed by atoms with E-state index in [1.165, 1.54) is 47.0 Å². The van der Waals surface area contributed by atoms with Gasteiger partial charge in [-0.05, 0) is 56.8 Å². The highest BCUT2D eigenvalue weighted by Crippen LogP contribution is 2.33. The Labute approximate surface area is 213 Å². The summed E-state index contributed by atoms with van der Waals surface area (Å²) in [7, 11) is 0. The first kappa shape index (κ1) is 23.7. The number of likely N-dealkylation sites (tertiary alicyclic amines) is 1. The lowest BCUT2D eigenvalue weighted by Crippen LogP contribution is -2.38. The number of amides is 1. The topological polar surface area (TPSA) is 80.3 Å². The molecule has 3 aliphatic rings. The Bertz CT molecular complexity index is 1360. The molecule has 1 N–H and O–H groups in total. The van der Waals surface area contributed by atoms with E-state index in [2.05, 4.69) is 20.3 Å². The molecule has 0 spiro atoms. The van der Waals surface area contributed by atoms with Gasteiger partial charge in [-0.25, -0.2) is 23.1 Å². The van der Waals surface area contributed by atoms with E-state index in [0.29, 0.717) is 23.6 Å². The van der Waals surface area contributed by atoms with E-state index in [-0.39, 0.29) is 11.6 Å². The number of piperidine rings is 1. The largest absolute Gasteiger partial charge is 0.306 e. The molecule has 0 bridgehead atoms. The summed E-state index contributed by atoms with van der Waals surface area (Å²) in [6, 6.07) is 5.14. The number of hydrogen-bond donors (Lipinski definition) is 1. The van der Waals surface area contributed by atoms with E-state index in [4.69, 9.17) is 5.10 Å². The molecule has 2 aliphatic heterocycles. The van der Waals surface area contributed by atoms with E-state index in [1.807, 2.05) is 6.08 Å². The number of aliphatic imine (C=N–C) groups is 1. The van der Waals surface area contributed by atoms with Crippen LogP contribution in [0.2, 0.25) is 0 Å². The van der Waals surface area contributed by atoms with Crippen LogP contribution in [-0.2, 0) is 0 Å². The third kappa shape index (κ3) is 4.85. The van der Waals surface area contributed by atoms with Gasteiger partial charge in [-0.3, -0.25) is 4.79 Å². The SMILES string of the molecule is O=C(Nc1cc(C2CCN(CC3CCC3)CC2)nn1-c1ccc(F)cc1F)c1cnn2c1N=CCC=C2. The van der Waals surface area contributed by atoms with Crippen LogP contribution >= 0.6 is 0 Å². The number of nitrogens with zero attached hydrogens (tertiary/aromatic N) is 6. The van der Waals surface area contributed by atoms with E-state index in [9.17, 15) is 13.6 Å². The number of carbonyl (C=O) groups excluding carboxylic acids is 1. The molecule has 1 aromatic carbocycles. The van der Waals surface area contributed by atoms with Crippen LogP contribution in [0.4, 0.5) is 20.4 Å². The zero-order valence-electron chi connectivity index (χ0n) is 20.5. The Morgan fingerprint density at radius 3 is 2.70 bits per heavy atom. The molecule has 2 aromatic heterocycles. The van der Waals surface area contributed by atoms with Gasteiger partial charge < -0.3 is 10.2 Å². The first-order chi connectivity index (χ1) is 18.0. The van der Waals surface area contributed by atoms with Crippen molar-refractivity contribution in [1.29, 1.82) is 0 Å². The van der Waals surface area contributed by atoms with Crippen molar-refractivity contribution < 1.29 is 13.6 Å². The zero-order valence-corrected chi connectivity index (χ0v) is 20.5. The third-order valence-electron chi connectivity index (χ3n) is 7.57. The number of allylic oxidation sites excluding steroid dienone is 1. The van der Waals surface area contributed by atoms with Crippen molar-refractivity contribution in [3.8, 4) is 5.69 Å². The molecule has 0 atom stereocenters. The first-order valence-corrected chi connectivity index (χ1v) is 12.9. The maximum absolute atomic E-state index is 14.8. The number of aromatic nitrogens is 4. The number of anilines is 1. The Kier molecular flexibility index (Phi) is 6.42. The minimum absolute atomic E-state index is 0.0696. The summed E-state index contributed by atoms with van der Waals surface area (Å²) in [5.41, 5.74) is 1.15. The molecule has 1 saturated carbocycles. The molecule has 0 radical (unpaired) electrons. The Hall–Kier alpha value is -3.66. The van der Waals surface area contributed by atoms with Crippen molar-refractivity contribution in [3.05, 3.63) is 59.4 Å². The summed E-state index contributed by atoms with van der Waals surface area (Å²) >= 11 is 0. The number of carbonyl (C=O) groups is 1. The molecule has 1 aliphatic carbocycles. The second-order valence-electron chi connectivity index (χ2n) is 10.0. The highest BCUT2D eigenvalue weighted by Gasteiger charge is 2.28. The molecule has 6 rings (SSSR count). The molecule has 37 heavy (non-hydrogen) atoms. The molecule has 1 saturated heterocycles. The van der Waals surface area contributed by atoms with Crippen LogP contribution in [0.5, 0.6) is 0 Å². The summed E-state index contributed by atoms with van der Waals surface area (Å²) in [5, 5.41) is 11.8. The number of hydrogen-bond acceptors (Lipinski definition) is 5. The number of nitrogens with one attached hydrogen (secondary N) is 1. The lowest BCUT2D eigenvalue weighted by molar-refractivity contribution is 0.102. The maximum atomic E-state index is 14.8. The summed E-state index contributed by atoms with van der Waals surface area (Å²) in [6.07, 6.45) is 13.4. The van der Waals surface area contributed by atoms with Crippen LogP contribution in [0.1, 0.15) is 60.5 Å². The van der Waals surface area contributed by atoms with Gasteiger partial charge in [-0.1, -0.05) is 12.5 Å². The molecule has 10 heteroatoms. The quantitative estimate of drug-likeness (QED) is 0.502. The first-order valence-electron chi connectivity index (χ1n) is 12.9. The molecule has 8 nitrogen and oxygen atoms in total. The number of fused-ring (bicyclic) bond motifs is 1. The summed E-state index contributed by atoms with van der Waals surface area (Å²) in [5.74, 6) is -0.0989. The minimum Gasteiger partial charge on any atom is -0.306 e. The van der Waals surface area contributed by atoms with Crippen molar-refractivity contribution in [2.75, 3.05) is 25.0 Å². The van der Waals surface area contributed by atoms with Gasteiger partial charge in [0.1, 0.15) is 22.9 Å². The minimum atomic E-state index is -0.755. The average molecular weight is 506 g/mol. The van der Waals surface area contributed by atoms with Crippen LogP contribution in [0.25, 0.3) is 11.9 Å². The highest BCUT2D eigenvalue weighted by atomic mass is 19.1. The van der Waals surface area contributed by atoms with E-state index in [1.54, 1.807) is 18.5 Å². The summed E-state index contributed by atoms with van der Waals surface area (Å²) in [4.78, 5) is 20.2. The maximum Gasteiger partial charge on any atom is 0.262 e. The lowest BCUT2D eigenvalue weighted by atomic mass is 9.84. The van der Waals surface area contributed by atoms with E-state index < -0.39 is 17.5 Å². The number of benzene rings is 1. The van der Waals surface area contributed by atoms with Crippen molar-refractivity contribution in [3.63, 3.8) is 0 Å². The predicted octanol–water partition coefficient (Wildman–Crippen LogP) is 5.16. The van der Waals surface area contributed by atoms with Crippen LogP contribution in [0, 0.1) is 17.6 Å². The van der Waals surface area contributed by atoms with Gasteiger partial charge in [0.15, 0.2) is 11.6 Å². The van der Waals surface area contributed by atoms with Crippen molar-refractivity contribution in [2.24, 2.45) is 10.9 Å². The van der Waals surface area contributed by atoms with Gasteiger partial charge in [-0.2, -0.15) is 10.2 Å². The van der Waals surface area contributed by atoms with Crippen LogP contribution in [-0.4, -0.2) is 56.2 Å². The van der Waals surface area contributed by atoms with Crippen LogP contribution < -0.4 is 5.32 Å². The van der Waals surface area contributed by atoms with E-state index >= 15 is 0 Å². The number of rotatable bonds is 6. The van der Waals surface area contributed by atoms with Gasteiger partial charge in [0.05, 0.1) is 11.9 Å². The highest BCUT2D eigenvalue weighted by molar-refractivity contribution is 6.07. The Balaban J connectivity index is 1.27. The Morgan fingerprint density at radius 1 is 1.11 bits per heavy atom. The van der Waals surface area contributed by atoms with Crippen LogP contribution in [0.3, 0.4) is 0 Å². The lowest BCUT2D eigenvalue weighted by Gasteiger charge is -2.36. The average Bonchev–Trinajstić information content (AvgIpc) is 3.38. The van der Waals surface area contributed by atoms with Gasteiger partial charge in [-0.15, -0.1) is 0 Å². The van der Waals surface area contributed by atoms with Crippen molar-refractivity contribution in [2.45, 2.75) is 44.4 Å². The zero-order chi connectivity index (χ0) is 25.4. The molecule has 192 valence electrons. The molecular weight excluding hydrogens is 476 g/mol. The van der Waals surface area contributed by atoms with Gasteiger partial charge in [0.25, 0.3) is 5.91 Å². The second kappa shape index (κ2) is 10.0. The number of halogens is 2. The normalized spacial score (nSPS) is 18.4. The van der Waals surface area contributed by atoms with Crippen molar-refractivity contribution in [1.82, 2.24) is 24.5 Å². The van der Waals surface area contributed by atoms with Gasteiger partial charge >= 0.3 is 0 Å². The smallest absolute Gasteiger partial charge is 0.262 e. The molecule has 1 amide bonds. The van der Waals surface area contributed by atoms with E-state index in [0.717, 1.165) is 50.2 Å². The third-order valence-corrected chi connectivity index (χ3v) is 7.57. The molecule has 0 unspecified atom stereocenters. The van der Waals surface area contributed by atoms with Gasteiger partial charge in [0.2, 0.25) is 0 Å². The fourth-order valence-corrected chi connectivity index (χ4v) is 5.27. The standard InChI is InChI=1S/C27H29F2N7O/c28-20-6-7-24(22(29)14-20)36-25(32-27(37)21-16-31-35-11-2-1-10-30-26(21)35)15-23(33-36)19-8-12-34(13-9-19)17-18-4-3-5-18/h2,6-7,10-11,14-16,18-19H,1,3-5,8-9,12-13,17H2,(H,32,37). The fraction of sp³-hybridized carbons (Fsp3) is 0.407. The van der Waals surface area contributed by atoms with Crippen LogP contribution in [0.15, 0.2) is 41.5 Å². The molecular formula is C27H29F2N7O.